The third-order valence-electron chi connectivity index (χ3n) is 4.00. The first kappa shape index (κ1) is 37.6. The van der Waals surface area contributed by atoms with Crippen LogP contribution in [0.15, 0.2) is 0 Å². The third-order valence-corrected chi connectivity index (χ3v) is 5.10. The summed E-state index contributed by atoms with van der Waals surface area (Å²) in [7, 11) is -8.04. The number of hydrogen-bond donors (Lipinski definition) is 0. The van der Waals surface area contributed by atoms with Crippen LogP contribution in [-0.4, -0.2) is 77.3 Å². The van der Waals surface area contributed by atoms with Crippen LogP contribution in [-0.2, 0) is 14.9 Å². The highest BCUT2D eigenvalue weighted by molar-refractivity contribution is 7.86. The molecular weight excluding hydrogens is 682 g/mol. The molecule has 0 aliphatic carbocycles. The van der Waals surface area contributed by atoms with Crippen LogP contribution in [0.2, 0.25) is 0 Å². The van der Waals surface area contributed by atoms with Crippen molar-refractivity contribution in [2.75, 3.05) is 0 Å². The van der Waals surface area contributed by atoms with Crippen molar-refractivity contribution in [3.8, 4) is 0 Å². The second-order valence-electron chi connectivity index (χ2n) is 6.63. The number of alkyl halides is 23. The second-order valence-corrected chi connectivity index (χ2v) is 8.52. The van der Waals surface area contributed by atoms with E-state index in [1.807, 2.05) is 0 Å². The van der Waals surface area contributed by atoms with E-state index in [4.69, 9.17) is 0 Å². The van der Waals surface area contributed by atoms with E-state index in [0.29, 0.717) is 0 Å². The molecule has 0 radical (unpaired) electrons. The summed E-state index contributed by atoms with van der Waals surface area (Å²) in [6, 6.07) is 0. The number of halogens is 23. The van der Waals surface area contributed by atoms with Gasteiger partial charge in [-0.3, -0.25) is 0 Å². The van der Waals surface area contributed by atoms with E-state index in [9.17, 15) is 110 Å². The van der Waals surface area contributed by atoms with Gasteiger partial charge in [0.1, 0.15) is 0 Å². The Labute approximate surface area is 201 Å². The maximum absolute atomic E-state index is 13.4. The fraction of sp³-hybridized carbons (Fsp3) is 1.00. The molecule has 39 heavy (non-hydrogen) atoms. The average molecular weight is 682 g/mol. The van der Waals surface area contributed by atoms with Crippen LogP contribution in [0.5, 0.6) is 0 Å². The molecule has 0 unspecified atom stereocenters. The van der Waals surface area contributed by atoms with E-state index < -0.39 is 74.4 Å². The molecule has 0 N–H and O–H groups in total. The molecule has 0 aromatic carbocycles. The Morgan fingerprint density at radius 1 is 0.436 bits per heavy atom. The summed E-state index contributed by atoms with van der Waals surface area (Å²) in [4.78, 5) is 0. The van der Waals surface area contributed by atoms with Crippen molar-refractivity contribution in [1.82, 2.24) is 0 Å². The highest BCUT2D eigenvalue weighted by Gasteiger charge is 2.97. The zero-order valence-corrected chi connectivity index (χ0v) is 17.8. The monoisotopic (exact) mass is 681 g/mol. The third kappa shape index (κ3) is 4.90. The normalized spacial score (nSPS) is 17.0. The first-order valence-corrected chi connectivity index (χ1v) is 9.50. The summed E-state index contributed by atoms with van der Waals surface area (Å²) in [6.45, 7) is 0. The summed E-state index contributed by atoms with van der Waals surface area (Å²) < 4.78 is 319. The topological polar surface area (TPSA) is 66.4 Å². The van der Waals surface area contributed by atoms with Crippen LogP contribution in [0, 0.1) is 0 Å². The first-order chi connectivity index (χ1) is 16.2. The summed E-state index contributed by atoms with van der Waals surface area (Å²) >= 11 is 3.22. The molecule has 0 atom stereocenters. The Balaban J connectivity index is 7.07. The van der Waals surface area contributed by atoms with E-state index >= 15 is 0 Å². The van der Waals surface area contributed by atoms with Gasteiger partial charge in [0.15, 0.2) is 10.1 Å². The minimum absolute atomic E-state index is 0.951. The zero-order chi connectivity index (χ0) is 32.7. The van der Waals surface area contributed by atoms with Crippen molar-refractivity contribution in [1.29, 1.82) is 0 Å². The molecule has 0 spiro atoms. The molecular formula is C11ClF22O4S-. The molecule has 0 aromatic heterocycles. The fourth-order valence-corrected chi connectivity index (χ4v) is 2.23. The molecule has 236 valence electrons. The summed E-state index contributed by atoms with van der Waals surface area (Å²) in [6.07, 6.45) is -16.6. The number of hydrogen-bond acceptors (Lipinski definition) is 4. The van der Waals surface area contributed by atoms with E-state index in [-0.39, 0.29) is 0 Å². The predicted molar refractivity (Wildman–Crippen MR) is 71.1 cm³/mol. The Morgan fingerprint density at radius 3 is 0.897 bits per heavy atom. The van der Waals surface area contributed by atoms with E-state index in [0.717, 1.165) is 4.74 Å². The number of rotatable bonds is 12. The Morgan fingerprint density at radius 2 is 0.667 bits per heavy atom. The van der Waals surface area contributed by atoms with Gasteiger partial charge in [-0.05, 0) is 11.6 Å². The highest BCUT2D eigenvalue weighted by Crippen LogP contribution is 2.65. The first-order valence-electron chi connectivity index (χ1n) is 7.71. The zero-order valence-electron chi connectivity index (χ0n) is 16.2. The molecule has 0 fully saturated rings. The van der Waals surface area contributed by atoms with Gasteiger partial charge in [-0.15, -0.1) is 0 Å². The van der Waals surface area contributed by atoms with Crippen molar-refractivity contribution in [3.63, 3.8) is 0 Å². The second kappa shape index (κ2) is 9.06. The van der Waals surface area contributed by atoms with Crippen molar-refractivity contribution < 1.29 is 114 Å². The van der Waals surface area contributed by atoms with Crippen LogP contribution in [0.3, 0.4) is 0 Å². The van der Waals surface area contributed by atoms with Crippen LogP contribution >= 0.6 is 11.6 Å². The molecule has 0 aromatic rings. The van der Waals surface area contributed by atoms with Gasteiger partial charge in [0.05, 0.1) is 0 Å². The van der Waals surface area contributed by atoms with Crippen molar-refractivity contribution in [3.05, 3.63) is 0 Å². The van der Waals surface area contributed by atoms with Gasteiger partial charge in [0, 0.05) is 0 Å². The molecule has 0 aliphatic heterocycles. The van der Waals surface area contributed by atoms with Crippen LogP contribution in [0.1, 0.15) is 0 Å². The van der Waals surface area contributed by atoms with Gasteiger partial charge >= 0.3 is 64.3 Å². The van der Waals surface area contributed by atoms with Crippen molar-refractivity contribution in [2.45, 2.75) is 64.3 Å². The smallest absolute Gasteiger partial charge is 0.438 e. The van der Waals surface area contributed by atoms with Gasteiger partial charge in [-0.1, -0.05) is 0 Å². The van der Waals surface area contributed by atoms with Crippen LogP contribution in [0.25, 0.3) is 0 Å². The molecule has 0 saturated carbocycles. The lowest BCUT2D eigenvalue weighted by Gasteiger charge is -2.44. The molecule has 0 heterocycles. The Bertz CT molecular complexity index is 1030. The van der Waals surface area contributed by atoms with E-state index in [1.165, 1.54) is 0 Å². The maximum Gasteiger partial charge on any atom is 0.438 e. The minimum Gasteiger partial charge on any atom is -0.743 e. The predicted octanol–water partition coefficient (Wildman–Crippen LogP) is 6.61. The molecule has 0 rings (SSSR count). The lowest BCUT2D eigenvalue weighted by atomic mass is 9.89. The lowest BCUT2D eigenvalue weighted by molar-refractivity contribution is -0.505. The molecule has 0 amide bonds. The van der Waals surface area contributed by atoms with Gasteiger partial charge in [0.2, 0.25) is 0 Å². The Hall–Kier alpha value is -1.38. The van der Waals surface area contributed by atoms with Gasteiger partial charge in [-0.25, -0.2) is 13.2 Å². The molecule has 28 heteroatoms. The molecule has 0 saturated heterocycles. The number of ether oxygens (including phenoxy) is 1. The molecule has 4 nitrogen and oxygen atoms in total. The maximum atomic E-state index is 13.4. The van der Waals surface area contributed by atoms with Crippen molar-refractivity contribution >= 4 is 21.7 Å². The quantitative estimate of drug-likeness (QED) is 0.132. The van der Waals surface area contributed by atoms with E-state index in [1.54, 1.807) is 0 Å². The van der Waals surface area contributed by atoms with Gasteiger partial charge < -0.3 is 4.55 Å². The SMILES string of the molecule is O=S(=O)([O-])C(F)(F)C(F)(F)OC(F)(F)C(F)(F)C(F)(F)C(F)(F)C(F)(F)C(F)(F)C(F)(F)C(F)(F)C(F)(F)Cl. The van der Waals surface area contributed by atoms with E-state index in [2.05, 4.69) is 11.6 Å². The largest absolute Gasteiger partial charge is 0.743 e. The van der Waals surface area contributed by atoms with Crippen LogP contribution < -0.4 is 0 Å². The standard InChI is InChI=1S/C11HClF22O4S/c12-8(27,28)6(23,24)4(19,20)2(15,16)1(13,14)3(17,18)5(21,22)7(25,26)9(29,30)38-10(31,32)11(33,34)39(35,36)37/h(H,35,36,37)/p-1. The molecule has 0 aliphatic rings. The average Bonchev–Trinajstić information content (AvgIpc) is 2.63. The highest BCUT2D eigenvalue weighted by atomic mass is 35.5. The molecule has 0 bridgehead atoms. The van der Waals surface area contributed by atoms with Crippen molar-refractivity contribution in [2.24, 2.45) is 0 Å². The fourth-order valence-electron chi connectivity index (χ4n) is 1.78. The van der Waals surface area contributed by atoms with Gasteiger partial charge in [-0.2, -0.15) is 96.6 Å². The van der Waals surface area contributed by atoms with Crippen LogP contribution in [0.4, 0.5) is 96.6 Å². The van der Waals surface area contributed by atoms with Gasteiger partial charge in [0.25, 0.3) is 0 Å². The minimum atomic E-state index is -9.39. The summed E-state index contributed by atoms with van der Waals surface area (Å²) in [5, 5.41) is -14.9. The summed E-state index contributed by atoms with van der Waals surface area (Å²) in [5.41, 5.74) is 0. The lowest BCUT2D eigenvalue weighted by Crippen LogP contribution is -2.76. The summed E-state index contributed by atoms with van der Waals surface area (Å²) in [5.74, 6) is -63.2. The Kier molecular flexibility index (Phi) is 8.74.